The molecule has 2 aromatic heterocycles. The van der Waals surface area contributed by atoms with Crippen molar-refractivity contribution in [1.29, 1.82) is 5.26 Å². The van der Waals surface area contributed by atoms with Gasteiger partial charge < -0.3 is 5.73 Å². The van der Waals surface area contributed by atoms with Gasteiger partial charge in [0, 0.05) is 22.7 Å². The van der Waals surface area contributed by atoms with Crippen molar-refractivity contribution in [3.8, 4) is 17.2 Å². The second-order valence-corrected chi connectivity index (χ2v) is 4.57. The number of hydrogen-bond acceptors (Lipinski definition) is 5. The van der Waals surface area contributed by atoms with Gasteiger partial charge in [0.2, 0.25) is 0 Å². The maximum absolute atomic E-state index is 8.70. The minimum atomic E-state index is 0.185. The second-order valence-electron chi connectivity index (χ2n) is 4.57. The van der Waals surface area contributed by atoms with Crippen molar-refractivity contribution >= 4 is 29.3 Å². The molecule has 3 rings (SSSR count). The minimum Gasteiger partial charge on any atom is -0.383 e. The smallest absolute Gasteiger partial charge is 0.164 e. The van der Waals surface area contributed by atoms with Crippen LogP contribution >= 0.6 is 0 Å². The number of aliphatic imine (C=N–C) groups is 1. The first-order chi connectivity index (χ1) is 10.7. The molecule has 0 bridgehead atoms. The van der Waals surface area contributed by atoms with Gasteiger partial charge in [-0.15, -0.1) is 0 Å². The molecule has 0 spiro atoms. The third-order valence-electron chi connectivity index (χ3n) is 3.25. The van der Waals surface area contributed by atoms with Crippen molar-refractivity contribution in [3.05, 3.63) is 48.8 Å². The summed E-state index contributed by atoms with van der Waals surface area (Å²) < 4.78 is 1.38. The average molecular weight is 288 g/mol. The van der Waals surface area contributed by atoms with Crippen LogP contribution in [-0.4, -0.2) is 21.5 Å². The Bertz CT molecular complexity index is 929. The van der Waals surface area contributed by atoms with Gasteiger partial charge in [-0.3, -0.25) is 4.98 Å². The molecule has 0 radical (unpaired) electrons. The van der Waals surface area contributed by atoms with E-state index in [1.54, 1.807) is 12.4 Å². The number of pyridine rings is 1. The molecule has 0 saturated heterocycles. The van der Waals surface area contributed by atoms with E-state index < -0.39 is 0 Å². The van der Waals surface area contributed by atoms with Crippen LogP contribution in [0.5, 0.6) is 0 Å². The van der Waals surface area contributed by atoms with E-state index in [9.17, 15) is 0 Å². The van der Waals surface area contributed by atoms with Gasteiger partial charge >= 0.3 is 0 Å². The zero-order valence-corrected chi connectivity index (χ0v) is 11.6. The van der Waals surface area contributed by atoms with Crippen LogP contribution in [0.3, 0.4) is 0 Å². The number of fused-ring (bicyclic) bond motifs is 1. The highest BCUT2D eigenvalue weighted by molar-refractivity contribution is 5.86. The van der Waals surface area contributed by atoms with Gasteiger partial charge in [-0.1, -0.05) is 18.2 Å². The SMILES string of the molecule is C=Nc1c(-c2cnc3ccccc3c2)cnn1/C(N)=C/C#N. The van der Waals surface area contributed by atoms with Crippen LogP contribution in [0.15, 0.2) is 53.8 Å². The average Bonchev–Trinajstić information content (AvgIpc) is 2.98. The summed E-state index contributed by atoms with van der Waals surface area (Å²) >= 11 is 0. The number of hydrogen-bond donors (Lipinski definition) is 1. The Balaban J connectivity index is 2.17. The maximum atomic E-state index is 8.70. The number of nitriles is 1. The summed E-state index contributed by atoms with van der Waals surface area (Å²) in [6.45, 7) is 3.56. The molecule has 3 aromatic rings. The van der Waals surface area contributed by atoms with Crippen LogP contribution in [0.1, 0.15) is 0 Å². The topological polar surface area (TPSA) is 92.9 Å². The van der Waals surface area contributed by atoms with Gasteiger partial charge in [-0.05, 0) is 18.9 Å². The Morgan fingerprint density at radius 3 is 2.95 bits per heavy atom. The number of aromatic nitrogens is 3. The highest BCUT2D eigenvalue weighted by atomic mass is 15.3. The Hall–Kier alpha value is -3.46. The Kier molecular flexibility index (Phi) is 3.38. The number of nitrogens with two attached hydrogens (primary N) is 1. The van der Waals surface area contributed by atoms with Gasteiger partial charge in [0.05, 0.1) is 23.9 Å². The van der Waals surface area contributed by atoms with Crippen LogP contribution in [0.25, 0.3) is 27.9 Å². The van der Waals surface area contributed by atoms with E-state index in [1.807, 2.05) is 36.4 Å². The highest BCUT2D eigenvalue weighted by Gasteiger charge is 2.13. The monoisotopic (exact) mass is 288 g/mol. The van der Waals surface area contributed by atoms with Gasteiger partial charge in [-0.25, -0.2) is 4.99 Å². The molecule has 6 nitrogen and oxygen atoms in total. The van der Waals surface area contributed by atoms with E-state index in [4.69, 9.17) is 11.0 Å². The minimum absolute atomic E-state index is 0.185. The van der Waals surface area contributed by atoms with Gasteiger partial charge in [0.15, 0.2) is 5.82 Å². The molecule has 0 amide bonds. The predicted octanol–water partition coefficient (Wildman–Crippen LogP) is 2.71. The van der Waals surface area contributed by atoms with Crippen LogP contribution in [0.2, 0.25) is 0 Å². The van der Waals surface area contributed by atoms with E-state index in [0.29, 0.717) is 5.82 Å². The molecule has 0 atom stereocenters. The van der Waals surface area contributed by atoms with Crippen molar-refractivity contribution in [2.75, 3.05) is 0 Å². The van der Waals surface area contributed by atoms with Crippen molar-refractivity contribution in [2.24, 2.45) is 10.7 Å². The van der Waals surface area contributed by atoms with Crippen LogP contribution in [0, 0.1) is 11.3 Å². The number of rotatable bonds is 3. The van der Waals surface area contributed by atoms with Gasteiger partial charge in [0.1, 0.15) is 5.82 Å². The molecule has 0 aliphatic carbocycles. The summed E-state index contributed by atoms with van der Waals surface area (Å²) in [6, 6.07) is 11.7. The lowest BCUT2D eigenvalue weighted by Gasteiger charge is -2.05. The second kappa shape index (κ2) is 5.50. The Labute approximate surface area is 126 Å². The van der Waals surface area contributed by atoms with E-state index in [2.05, 4.69) is 21.8 Å². The first-order valence-corrected chi connectivity index (χ1v) is 6.50. The zero-order valence-electron chi connectivity index (χ0n) is 11.6. The van der Waals surface area contributed by atoms with Crippen molar-refractivity contribution in [3.63, 3.8) is 0 Å². The van der Waals surface area contributed by atoms with Crippen LogP contribution in [-0.2, 0) is 0 Å². The standard InChI is InChI=1S/C16H12N6/c1-19-16-13(10-21-22(16)15(18)6-7-17)12-8-11-4-2-3-5-14(11)20-9-12/h2-6,8-10H,1,18H2/b15-6+. The third-order valence-corrected chi connectivity index (χ3v) is 3.25. The Morgan fingerprint density at radius 1 is 1.36 bits per heavy atom. The van der Waals surface area contributed by atoms with Crippen LogP contribution in [0.4, 0.5) is 5.82 Å². The fourth-order valence-corrected chi connectivity index (χ4v) is 2.23. The molecule has 106 valence electrons. The van der Waals surface area contributed by atoms with E-state index >= 15 is 0 Å². The fourth-order valence-electron chi connectivity index (χ4n) is 2.23. The highest BCUT2D eigenvalue weighted by Crippen LogP contribution is 2.32. The van der Waals surface area contributed by atoms with Gasteiger partial charge in [0.25, 0.3) is 0 Å². The molecule has 1 aromatic carbocycles. The molecule has 0 aliphatic rings. The molecule has 22 heavy (non-hydrogen) atoms. The summed E-state index contributed by atoms with van der Waals surface area (Å²) in [6.07, 6.45) is 4.58. The van der Waals surface area contributed by atoms with Gasteiger partial charge in [-0.2, -0.15) is 15.0 Å². The third kappa shape index (κ3) is 2.21. The predicted molar refractivity (Wildman–Crippen MR) is 86.2 cm³/mol. The molecule has 6 heteroatoms. The molecular weight excluding hydrogens is 276 g/mol. The molecule has 0 aliphatic heterocycles. The number of nitrogens with zero attached hydrogens (tertiary/aromatic N) is 5. The quantitative estimate of drug-likeness (QED) is 0.592. The van der Waals surface area contributed by atoms with E-state index in [-0.39, 0.29) is 5.82 Å². The fraction of sp³-hybridized carbons (Fsp3) is 0. The normalized spacial score (nSPS) is 11.3. The van der Waals surface area contributed by atoms with E-state index in [0.717, 1.165) is 22.0 Å². The van der Waals surface area contributed by atoms with E-state index in [1.165, 1.54) is 10.8 Å². The lowest BCUT2D eigenvalue weighted by atomic mass is 10.1. The maximum Gasteiger partial charge on any atom is 0.164 e. The molecule has 2 N–H and O–H groups in total. The first kappa shape index (κ1) is 13.5. The number of benzene rings is 1. The lowest BCUT2D eigenvalue weighted by molar-refractivity contribution is 0.888. The molecule has 0 unspecified atom stereocenters. The Morgan fingerprint density at radius 2 is 2.18 bits per heavy atom. The summed E-state index contributed by atoms with van der Waals surface area (Å²) in [5, 5.41) is 13.9. The number of para-hydroxylation sites is 1. The summed E-state index contributed by atoms with van der Waals surface area (Å²) in [4.78, 5) is 8.41. The first-order valence-electron chi connectivity index (χ1n) is 6.50. The summed E-state index contributed by atoms with van der Waals surface area (Å²) in [5.41, 5.74) is 8.32. The summed E-state index contributed by atoms with van der Waals surface area (Å²) in [7, 11) is 0. The van der Waals surface area contributed by atoms with Crippen molar-refractivity contribution < 1.29 is 0 Å². The lowest BCUT2D eigenvalue weighted by Crippen LogP contribution is -2.07. The van der Waals surface area contributed by atoms with Crippen LogP contribution < -0.4 is 5.73 Å². The molecular formula is C16H12N6. The van der Waals surface area contributed by atoms with Crippen molar-refractivity contribution in [2.45, 2.75) is 0 Å². The summed E-state index contributed by atoms with van der Waals surface area (Å²) in [5.74, 6) is 0.658. The van der Waals surface area contributed by atoms with Crippen molar-refractivity contribution in [1.82, 2.24) is 14.8 Å². The molecule has 0 fully saturated rings. The molecule has 2 heterocycles. The zero-order chi connectivity index (χ0) is 15.5. The largest absolute Gasteiger partial charge is 0.383 e. The molecule has 0 saturated carbocycles. The number of allylic oxidation sites excluding steroid dienone is 1.